The van der Waals surface area contributed by atoms with Crippen LogP contribution in [0.2, 0.25) is 0 Å². The third-order valence-electron chi connectivity index (χ3n) is 4.30. The first-order valence-electron chi connectivity index (χ1n) is 7.69. The van der Waals surface area contributed by atoms with Crippen molar-refractivity contribution in [1.29, 1.82) is 0 Å². The molecule has 1 saturated carbocycles. The maximum atomic E-state index is 12.4. The Balaban J connectivity index is 1.64. The Morgan fingerprint density at radius 2 is 1.87 bits per heavy atom. The molecule has 2 aromatic carbocycles. The molecule has 1 aliphatic carbocycles. The van der Waals surface area contributed by atoms with Crippen molar-refractivity contribution >= 4 is 26.7 Å². The summed E-state index contributed by atoms with van der Waals surface area (Å²) in [5.41, 5.74) is 2.26. The zero-order valence-electron chi connectivity index (χ0n) is 12.5. The van der Waals surface area contributed by atoms with Crippen molar-refractivity contribution in [2.45, 2.75) is 30.1 Å². The van der Waals surface area contributed by atoms with Gasteiger partial charge in [0, 0.05) is 5.92 Å². The van der Waals surface area contributed by atoms with Gasteiger partial charge in [0.05, 0.1) is 21.6 Å². The average molecular weight is 327 g/mol. The van der Waals surface area contributed by atoms with Gasteiger partial charge in [0.15, 0.2) is 0 Å². The van der Waals surface area contributed by atoms with E-state index in [0.29, 0.717) is 11.6 Å². The Hall–Kier alpha value is -2.34. The maximum Gasteiger partial charge on any atom is 0.261 e. The number of benzene rings is 2. The van der Waals surface area contributed by atoms with Gasteiger partial charge >= 0.3 is 0 Å². The Kier molecular flexibility index (Phi) is 3.34. The molecule has 6 heteroatoms. The fourth-order valence-electron chi connectivity index (χ4n) is 2.78. The molecule has 1 heterocycles. The summed E-state index contributed by atoms with van der Waals surface area (Å²) < 4.78 is 27.4. The van der Waals surface area contributed by atoms with Crippen LogP contribution in [0.1, 0.15) is 31.0 Å². The van der Waals surface area contributed by atoms with Crippen LogP contribution in [0, 0.1) is 0 Å². The number of fused-ring (bicyclic) bond motifs is 1. The molecule has 118 valence electrons. The number of anilines is 1. The number of nitrogens with one attached hydrogen (secondary N) is 2. The normalized spacial score (nSPS) is 15.5. The standard InChI is InChI=1S/C17H17N3O2S/c21-23(22,14-7-2-1-3-8-14)20-13-9-10-15-16(11-13)19-17(18-15)12-5-4-6-12/h1-3,7-12,20H,4-6H2,(H,18,19). The van der Waals surface area contributed by atoms with E-state index in [9.17, 15) is 8.42 Å². The number of hydrogen-bond acceptors (Lipinski definition) is 3. The highest BCUT2D eigenvalue weighted by molar-refractivity contribution is 7.92. The molecule has 0 saturated heterocycles. The second-order valence-electron chi connectivity index (χ2n) is 5.90. The second-order valence-corrected chi connectivity index (χ2v) is 7.58. The lowest BCUT2D eigenvalue weighted by Gasteiger charge is -2.22. The second kappa shape index (κ2) is 5.38. The highest BCUT2D eigenvalue weighted by Crippen LogP contribution is 2.35. The predicted octanol–water partition coefficient (Wildman–Crippen LogP) is 3.63. The molecule has 3 aromatic rings. The molecule has 0 unspecified atom stereocenters. The minimum atomic E-state index is -3.57. The van der Waals surface area contributed by atoms with Crippen LogP contribution in [-0.2, 0) is 10.0 Å². The topological polar surface area (TPSA) is 74.8 Å². The van der Waals surface area contributed by atoms with Crippen LogP contribution in [0.4, 0.5) is 5.69 Å². The summed E-state index contributed by atoms with van der Waals surface area (Å²) in [6.07, 6.45) is 3.60. The fraction of sp³-hybridized carbons (Fsp3) is 0.235. The van der Waals surface area contributed by atoms with Crippen LogP contribution in [0.3, 0.4) is 0 Å². The van der Waals surface area contributed by atoms with Gasteiger partial charge in [-0.25, -0.2) is 13.4 Å². The number of rotatable bonds is 4. The van der Waals surface area contributed by atoms with Crippen molar-refractivity contribution in [3.05, 3.63) is 54.4 Å². The maximum absolute atomic E-state index is 12.4. The highest BCUT2D eigenvalue weighted by atomic mass is 32.2. The van der Waals surface area contributed by atoms with Crippen molar-refractivity contribution in [2.24, 2.45) is 0 Å². The van der Waals surface area contributed by atoms with E-state index in [1.54, 1.807) is 42.5 Å². The SMILES string of the molecule is O=S(=O)(Nc1ccc2nc(C3CCC3)[nH]c2c1)c1ccccc1. The Labute approximate surface area is 134 Å². The van der Waals surface area contributed by atoms with Crippen molar-refractivity contribution in [3.8, 4) is 0 Å². The number of aromatic amines is 1. The van der Waals surface area contributed by atoms with Crippen LogP contribution < -0.4 is 4.72 Å². The molecular formula is C17H17N3O2S. The van der Waals surface area contributed by atoms with E-state index < -0.39 is 10.0 Å². The number of aromatic nitrogens is 2. The van der Waals surface area contributed by atoms with Gasteiger partial charge in [-0.15, -0.1) is 0 Å². The Morgan fingerprint density at radius 3 is 2.57 bits per heavy atom. The zero-order chi connectivity index (χ0) is 15.9. The van der Waals surface area contributed by atoms with Crippen molar-refractivity contribution in [3.63, 3.8) is 0 Å². The number of imidazole rings is 1. The van der Waals surface area contributed by atoms with Crippen LogP contribution in [-0.4, -0.2) is 18.4 Å². The van der Waals surface area contributed by atoms with E-state index in [2.05, 4.69) is 14.7 Å². The summed E-state index contributed by atoms with van der Waals surface area (Å²) in [5.74, 6) is 1.53. The smallest absolute Gasteiger partial charge is 0.261 e. The molecule has 0 radical (unpaired) electrons. The molecule has 0 amide bonds. The first-order chi connectivity index (χ1) is 11.1. The third kappa shape index (κ3) is 2.70. The minimum Gasteiger partial charge on any atom is -0.342 e. The quantitative estimate of drug-likeness (QED) is 0.768. The molecule has 0 atom stereocenters. The van der Waals surface area contributed by atoms with E-state index in [0.717, 1.165) is 16.9 Å². The molecule has 0 spiro atoms. The fourth-order valence-corrected chi connectivity index (χ4v) is 3.85. The van der Waals surface area contributed by atoms with Gasteiger partial charge in [-0.1, -0.05) is 24.6 Å². The van der Waals surface area contributed by atoms with Gasteiger partial charge in [-0.2, -0.15) is 0 Å². The lowest BCUT2D eigenvalue weighted by molar-refractivity contribution is 0.405. The number of hydrogen-bond donors (Lipinski definition) is 2. The molecule has 5 nitrogen and oxygen atoms in total. The molecule has 1 aliphatic rings. The first-order valence-corrected chi connectivity index (χ1v) is 9.18. The molecule has 0 bridgehead atoms. The first kappa shape index (κ1) is 14.3. The molecule has 23 heavy (non-hydrogen) atoms. The Bertz CT molecular complexity index is 944. The van der Waals surface area contributed by atoms with Crippen LogP contribution in [0.15, 0.2) is 53.4 Å². The van der Waals surface area contributed by atoms with E-state index in [1.165, 1.54) is 19.3 Å². The summed E-state index contributed by atoms with van der Waals surface area (Å²) in [5, 5.41) is 0. The number of H-pyrrole nitrogens is 1. The molecular weight excluding hydrogens is 310 g/mol. The van der Waals surface area contributed by atoms with Crippen LogP contribution in [0.25, 0.3) is 11.0 Å². The van der Waals surface area contributed by atoms with Gasteiger partial charge in [0.1, 0.15) is 5.82 Å². The largest absolute Gasteiger partial charge is 0.342 e. The Morgan fingerprint density at radius 1 is 1.09 bits per heavy atom. The lowest BCUT2D eigenvalue weighted by atomic mass is 9.85. The summed E-state index contributed by atoms with van der Waals surface area (Å²) >= 11 is 0. The van der Waals surface area contributed by atoms with Crippen molar-refractivity contribution < 1.29 is 8.42 Å². The van der Waals surface area contributed by atoms with E-state index in [1.807, 2.05) is 6.07 Å². The van der Waals surface area contributed by atoms with Gasteiger partial charge in [-0.3, -0.25) is 4.72 Å². The van der Waals surface area contributed by atoms with Gasteiger partial charge < -0.3 is 4.98 Å². The highest BCUT2D eigenvalue weighted by Gasteiger charge is 2.22. The molecule has 0 aliphatic heterocycles. The summed E-state index contributed by atoms with van der Waals surface area (Å²) in [6.45, 7) is 0. The molecule has 4 rings (SSSR count). The summed E-state index contributed by atoms with van der Waals surface area (Å²) in [7, 11) is -3.57. The molecule has 2 N–H and O–H groups in total. The summed E-state index contributed by atoms with van der Waals surface area (Å²) in [6, 6.07) is 13.7. The number of nitrogens with zero attached hydrogens (tertiary/aromatic N) is 1. The zero-order valence-corrected chi connectivity index (χ0v) is 13.3. The van der Waals surface area contributed by atoms with Crippen LogP contribution >= 0.6 is 0 Å². The van der Waals surface area contributed by atoms with Crippen molar-refractivity contribution in [1.82, 2.24) is 9.97 Å². The lowest BCUT2D eigenvalue weighted by Crippen LogP contribution is -2.12. The third-order valence-corrected chi connectivity index (χ3v) is 5.69. The predicted molar refractivity (Wildman–Crippen MR) is 89.9 cm³/mol. The van der Waals surface area contributed by atoms with Gasteiger partial charge in [0.25, 0.3) is 10.0 Å². The monoisotopic (exact) mass is 327 g/mol. The van der Waals surface area contributed by atoms with Gasteiger partial charge in [0.2, 0.25) is 0 Å². The van der Waals surface area contributed by atoms with E-state index >= 15 is 0 Å². The number of sulfonamides is 1. The van der Waals surface area contributed by atoms with Crippen LogP contribution in [0.5, 0.6) is 0 Å². The molecule has 1 aromatic heterocycles. The van der Waals surface area contributed by atoms with E-state index in [4.69, 9.17) is 0 Å². The van der Waals surface area contributed by atoms with E-state index in [-0.39, 0.29) is 4.90 Å². The molecule has 1 fully saturated rings. The summed E-state index contributed by atoms with van der Waals surface area (Å²) in [4.78, 5) is 8.17. The van der Waals surface area contributed by atoms with Crippen molar-refractivity contribution in [2.75, 3.05) is 4.72 Å². The minimum absolute atomic E-state index is 0.250. The average Bonchev–Trinajstić information content (AvgIpc) is 2.88. The van der Waals surface area contributed by atoms with Gasteiger partial charge in [-0.05, 0) is 43.2 Å².